The van der Waals surface area contributed by atoms with E-state index < -0.39 is 0 Å². The van der Waals surface area contributed by atoms with Crippen molar-refractivity contribution in [2.45, 2.75) is 0 Å². The molecule has 52 valence electrons. The lowest BCUT2D eigenvalue weighted by Crippen LogP contribution is -2.56. The second-order valence-corrected chi connectivity index (χ2v) is 2.75. The van der Waals surface area contributed by atoms with E-state index in [-0.39, 0.29) is 0 Å². The van der Waals surface area contributed by atoms with Crippen molar-refractivity contribution in [2.24, 2.45) is 0 Å². The lowest BCUT2D eigenvalue weighted by atomic mass is 10.3. The Bertz CT molecular complexity index is 262. The van der Waals surface area contributed by atoms with Crippen LogP contribution in [0.25, 0.3) is 0 Å². The third-order valence-electron chi connectivity index (χ3n) is 1.13. The molecule has 0 amide bonds. The number of nitrogen functional groups attached to an aromatic ring is 1. The van der Waals surface area contributed by atoms with Gasteiger partial charge in [-0.05, 0) is 12.1 Å². The van der Waals surface area contributed by atoms with Gasteiger partial charge in [-0.2, -0.15) is 0 Å². The summed E-state index contributed by atoms with van der Waals surface area (Å²) in [6, 6.07) is 5.06. The molecule has 0 saturated carbocycles. The molecule has 1 aromatic rings. The van der Waals surface area contributed by atoms with E-state index in [0.29, 0.717) is 11.4 Å². The molecular formula is C6H6BrN2O+. The van der Waals surface area contributed by atoms with E-state index in [1.807, 2.05) is 0 Å². The molecule has 4 heteroatoms. The molecule has 0 fully saturated rings. The lowest BCUT2D eigenvalue weighted by molar-refractivity contribution is -0.378. The Morgan fingerprint density at radius 2 is 2.20 bits per heavy atom. The first-order chi connectivity index (χ1) is 4.74. The number of benzene rings is 1. The van der Waals surface area contributed by atoms with Crippen LogP contribution in [0.2, 0.25) is 0 Å². The van der Waals surface area contributed by atoms with Crippen LogP contribution in [-0.2, 0) is 0 Å². The third kappa shape index (κ3) is 1.33. The highest BCUT2D eigenvalue weighted by Gasteiger charge is 2.03. The van der Waals surface area contributed by atoms with Crippen LogP contribution >= 0.6 is 15.9 Å². The van der Waals surface area contributed by atoms with Crippen molar-refractivity contribution >= 4 is 27.3 Å². The summed E-state index contributed by atoms with van der Waals surface area (Å²) in [7, 11) is 0. The fourth-order valence-corrected chi connectivity index (χ4v) is 0.978. The average molecular weight is 202 g/mol. The van der Waals surface area contributed by atoms with Gasteiger partial charge in [0.25, 0.3) is 5.69 Å². The van der Waals surface area contributed by atoms with Gasteiger partial charge >= 0.3 is 0 Å². The van der Waals surface area contributed by atoms with Gasteiger partial charge in [-0.1, -0.05) is 15.9 Å². The van der Waals surface area contributed by atoms with Crippen molar-refractivity contribution < 1.29 is 5.18 Å². The molecule has 0 heterocycles. The van der Waals surface area contributed by atoms with E-state index in [2.05, 4.69) is 15.9 Å². The number of rotatable bonds is 1. The van der Waals surface area contributed by atoms with Crippen molar-refractivity contribution in [1.29, 1.82) is 0 Å². The molecule has 0 unspecified atom stereocenters. The number of nitrogens with two attached hydrogens (primary N) is 1. The van der Waals surface area contributed by atoms with Gasteiger partial charge in [0, 0.05) is 20.6 Å². The predicted octanol–water partition coefficient (Wildman–Crippen LogP) is 0.510. The lowest BCUT2D eigenvalue weighted by Gasteiger charge is -1.90. The Morgan fingerprint density at radius 3 is 2.70 bits per heavy atom. The summed E-state index contributed by atoms with van der Waals surface area (Å²) in [5.41, 5.74) is 6.27. The molecule has 0 saturated heterocycles. The smallest absolute Gasteiger partial charge is 0.277 e. The second-order valence-electron chi connectivity index (χ2n) is 1.83. The summed E-state index contributed by atoms with van der Waals surface area (Å²) in [4.78, 5) is 10.2. The van der Waals surface area contributed by atoms with Crippen LogP contribution in [0.15, 0.2) is 22.7 Å². The quantitative estimate of drug-likeness (QED) is 0.652. The molecule has 0 aromatic heterocycles. The summed E-state index contributed by atoms with van der Waals surface area (Å²) in [5, 5.41) is 1.73. The first-order valence-electron chi connectivity index (χ1n) is 2.67. The molecule has 10 heavy (non-hydrogen) atoms. The van der Waals surface area contributed by atoms with Crippen molar-refractivity contribution in [3.05, 3.63) is 27.6 Å². The van der Waals surface area contributed by atoms with Crippen LogP contribution in [0.5, 0.6) is 0 Å². The standard InChI is InChI=1S/C6H5BrN2O/c7-4-1-2-5(8)6(3-4)9-10/h1-3H,8H2/p+1. The van der Waals surface area contributed by atoms with Crippen LogP contribution in [0.3, 0.4) is 0 Å². The predicted molar refractivity (Wildman–Crippen MR) is 42.5 cm³/mol. The highest BCUT2D eigenvalue weighted by atomic mass is 79.9. The first-order valence-corrected chi connectivity index (χ1v) is 3.46. The van der Waals surface area contributed by atoms with Gasteiger partial charge in [-0.25, -0.2) is 0 Å². The number of nitrogens with one attached hydrogen (secondary N) is 1. The van der Waals surface area contributed by atoms with Gasteiger partial charge in [0.1, 0.15) is 5.69 Å². The van der Waals surface area contributed by atoms with Crippen molar-refractivity contribution in [3.63, 3.8) is 0 Å². The van der Waals surface area contributed by atoms with Gasteiger partial charge in [0.15, 0.2) is 0 Å². The SMILES string of the molecule is Nc1ccc(Br)cc1[NH+]=O. The summed E-state index contributed by atoms with van der Waals surface area (Å²) in [6.45, 7) is 0. The summed E-state index contributed by atoms with van der Waals surface area (Å²) in [6.07, 6.45) is 0. The molecule has 0 aliphatic heterocycles. The van der Waals surface area contributed by atoms with Crippen molar-refractivity contribution in [2.75, 3.05) is 5.73 Å². The average Bonchev–Trinajstić information content (AvgIpc) is 1.94. The van der Waals surface area contributed by atoms with Gasteiger partial charge < -0.3 is 5.73 Å². The van der Waals surface area contributed by atoms with E-state index in [4.69, 9.17) is 5.73 Å². The Labute approximate surface area is 66.3 Å². The zero-order valence-electron chi connectivity index (χ0n) is 5.10. The molecule has 1 aromatic carbocycles. The molecule has 3 N–H and O–H groups in total. The zero-order chi connectivity index (χ0) is 7.56. The Morgan fingerprint density at radius 1 is 1.50 bits per heavy atom. The van der Waals surface area contributed by atoms with Crippen LogP contribution < -0.4 is 10.9 Å². The van der Waals surface area contributed by atoms with Gasteiger partial charge in [0.2, 0.25) is 0 Å². The molecule has 0 aliphatic rings. The summed E-state index contributed by atoms with van der Waals surface area (Å²) < 4.78 is 0.833. The van der Waals surface area contributed by atoms with Crippen LogP contribution in [0.1, 0.15) is 0 Å². The minimum atomic E-state index is 0.398. The summed E-state index contributed by atoms with van der Waals surface area (Å²) in [5.74, 6) is 0. The largest absolute Gasteiger partial charge is 0.393 e. The fraction of sp³-hybridized carbons (Fsp3) is 0. The van der Waals surface area contributed by atoms with E-state index in [0.717, 1.165) is 4.47 Å². The van der Waals surface area contributed by atoms with Crippen molar-refractivity contribution in [3.8, 4) is 0 Å². The molecule has 0 atom stereocenters. The maximum Gasteiger partial charge on any atom is 0.277 e. The number of nitroso groups, excluding NO2 is 1. The van der Waals surface area contributed by atoms with Gasteiger partial charge in [-0.3, -0.25) is 0 Å². The van der Waals surface area contributed by atoms with Crippen LogP contribution in [-0.4, -0.2) is 0 Å². The van der Waals surface area contributed by atoms with E-state index in [1.165, 1.54) is 0 Å². The van der Waals surface area contributed by atoms with E-state index >= 15 is 0 Å². The van der Waals surface area contributed by atoms with Gasteiger partial charge in [-0.15, -0.1) is 0 Å². The molecule has 0 bridgehead atoms. The molecule has 0 spiro atoms. The van der Waals surface area contributed by atoms with Crippen LogP contribution in [0.4, 0.5) is 11.4 Å². The summed E-state index contributed by atoms with van der Waals surface area (Å²) >= 11 is 3.20. The third-order valence-corrected chi connectivity index (χ3v) is 1.62. The maximum absolute atomic E-state index is 10.2. The molecule has 3 nitrogen and oxygen atoms in total. The van der Waals surface area contributed by atoms with E-state index in [9.17, 15) is 4.91 Å². The second kappa shape index (κ2) is 2.79. The minimum absolute atomic E-state index is 0.398. The number of halogens is 1. The number of anilines is 1. The number of hydrogen-bond donors (Lipinski definition) is 2. The van der Waals surface area contributed by atoms with E-state index in [1.54, 1.807) is 23.4 Å². The zero-order valence-corrected chi connectivity index (χ0v) is 6.68. The monoisotopic (exact) mass is 201 g/mol. The normalized spacial score (nSPS) is 9.30. The van der Waals surface area contributed by atoms with Gasteiger partial charge in [0.05, 0.1) is 0 Å². The molecule has 0 aliphatic carbocycles. The topological polar surface area (TPSA) is 57.1 Å². The Hall–Kier alpha value is -0.900. The highest BCUT2D eigenvalue weighted by molar-refractivity contribution is 9.10. The highest BCUT2D eigenvalue weighted by Crippen LogP contribution is 2.18. The minimum Gasteiger partial charge on any atom is -0.393 e. The Balaban J connectivity index is 3.21. The van der Waals surface area contributed by atoms with Crippen molar-refractivity contribution in [1.82, 2.24) is 0 Å². The first kappa shape index (κ1) is 7.21. The Kier molecular flexibility index (Phi) is 2.01. The maximum atomic E-state index is 10.2. The molecule has 1 rings (SSSR count). The van der Waals surface area contributed by atoms with Crippen LogP contribution in [0, 0.1) is 4.91 Å². The molecule has 0 radical (unpaired) electrons. The fourth-order valence-electron chi connectivity index (χ4n) is 0.617. The number of hydrogen-bond acceptors (Lipinski definition) is 2. The molecular weight excluding hydrogens is 196 g/mol.